The van der Waals surface area contributed by atoms with E-state index < -0.39 is 14.2 Å². The fourth-order valence-corrected chi connectivity index (χ4v) is 3.43. The molecule has 1 N–H and O–H groups in total. The van der Waals surface area contributed by atoms with Crippen LogP contribution in [0.3, 0.4) is 0 Å². The summed E-state index contributed by atoms with van der Waals surface area (Å²) in [5.74, 6) is 3.21. The number of likely N-dealkylation sites (tertiary alicyclic amines) is 1. The molecule has 2 rings (SSSR count). The minimum Gasteiger partial charge on any atom is -0.465 e. The van der Waals surface area contributed by atoms with Gasteiger partial charge in [0.1, 0.15) is 18.2 Å². The highest BCUT2D eigenvalue weighted by Gasteiger charge is 2.33. The van der Waals surface area contributed by atoms with E-state index in [-0.39, 0.29) is 6.04 Å². The van der Waals surface area contributed by atoms with E-state index in [4.69, 9.17) is 11.2 Å². The second-order valence-corrected chi connectivity index (χ2v) is 12.7. The van der Waals surface area contributed by atoms with Crippen molar-refractivity contribution < 1.29 is 14.6 Å². The Morgan fingerprint density at radius 1 is 1.57 bits per heavy atom. The molecule has 1 aliphatic rings. The Labute approximate surface area is 138 Å². The molecule has 1 fully saturated rings. The fraction of sp³-hybridized carbons (Fsp3) is 0.625. The van der Waals surface area contributed by atoms with E-state index >= 15 is 0 Å². The second-order valence-electron chi connectivity index (χ2n) is 7.08. The predicted octanol–water partition coefficient (Wildman–Crippen LogP) is 2.99. The molecule has 2 heterocycles. The summed E-state index contributed by atoms with van der Waals surface area (Å²) in [5.41, 5.74) is 0.519. The van der Waals surface area contributed by atoms with Crippen molar-refractivity contribution in [2.24, 2.45) is 0 Å². The Hall–Kier alpha value is -1.78. The fourth-order valence-electron chi connectivity index (χ4n) is 2.67. The second kappa shape index (κ2) is 7.19. The smallest absolute Gasteiger partial charge is 0.407 e. The summed E-state index contributed by atoms with van der Waals surface area (Å²) in [4.78, 5) is 17.2. The van der Waals surface area contributed by atoms with Crippen molar-refractivity contribution in [2.75, 3.05) is 13.2 Å². The van der Waals surface area contributed by atoms with Crippen LogP contribution in [0, 0.1) is 12.3 Å². The predicted molar refractivity (Wildman–Crippen MR) is 91.0 cm³/mol. The Morgan fingerprint density at radius 2 is 2.30 bits per heavy atom. The van der Waals surface area contributed by atoms with Crippen LogP contribution >= 0.6 is 0 Å². The maximum atomic E-state index is 11.4. The number of terminal acetylenes is 1. The lowest BCUT2D eigenvalue weighted by Gasteiger charge is -2.22. The highest BCUT2D eigenvalue weighted by Crippen LogP contribution is 2.31. The quantitative estimate of drug-likeness (QED) is 0.493. The minimum atomic E-state index is -1.13. The van der Waals surface area contributed by atoms with E-state index in [1.54, 1.807) is 6.20 Å². The number of imidazole rings is 1. The topological polar surface area (TPSA) is 67.6 Å². The van der Waals surface area contributed by atoms with E-state index in [1.165, 1.54) is 4.90 Å². The maximum absolute atomic E-state index is 11.4. The third-order valence-electron chi connectivity index (χ3n) is 3.98. The molecule has 1 saturated heterocycles. The van der Waals surface area contributed by atoms with Crippen LogP contribution in [0.2, 0.25) is 25.7 Å². The van der Waals surface area contributed by atoms with E-state index in [0.29, 0.717) is 31.4 Å². The molecule has 0 saturated carbocycles. The summed E-state index contributed by atoms with van der Waals surface area (Å²) >= 11 is 0. The van der Waals surface area contributed by atoms with Crippen LogP contribution in [0.4, 0.5) is 4.79 Å². The molecule has 0 aliphatic carbocycles. The Kier molecular flexibility index (Phi) is 5.49. The summed E-state index contributed by atoms with van der Waals surface area (Å²) in [5, 5.41) is 9.33. The number of amides is 1. The zero-order valence-corrected chi connectivity index (χ0v) is 15.1. The van der Waals surface area contributed by atoms with Crippen molar-refractivity contribution in [3.05, 3.63) is 17.7 Å². The van der Waals surface area contributed by atoms with E-state index in [0.717, 1.165) is 18.9 Å². The number of nitrogens with zero attached hydrogens (tertiary/aromatic N) is 3. The average molecular weight is 335 g/mol. The number of rotatable bonds is 6. The molecule has 6 nitrogen and oxygen atoms in total. The van der Waals surface area contributed by atoms with Gasteiger partial charge in [0.15, 0.2) is 0 Å². The van der Waals surface area contributed by atoms with E-state index in [1.807, 2.05) is 4.57 Å². The average Bonchev–Trinajstić information content (AvgIpc) is 3.08. The van der Waals surface area contributed by atoms with Crippen LogP contribution < -0.4 is 0 Å². The summed E-state index contributed by atoms with van der Waals surface area (Å²) in [6, 6.07) is 0.846. The molecule has 1 amide bonds. The first-order valence-electron chi connectivity index (χ1n) is 7.93. The summed E-state index contributed by atoms with van der Waals surface area (Å²) in [6.07, 6.45) is 7.90. The van der Waals surface area contributed by atoms with Gasteiger partial charge in [0.2, 0.25) is 0 Å². The molecule has 7 heteroatoms. The first-order chi connectivity index (χ1) is 10.8. The molecule has 0 bridgehead atoms. The molecule has 1 aliphatic heterocycles. The van der Waals surface area contributed by atoms with Crippen molar-refractivity contribution in [3.63, 3.8) is 0 Å². The molecule has 23 heavy (non-hydrogen) atoms. The maximum Gasteiger partial charge on any atom is 0.407 e. The Bertz CT molecular complexity index is 601. The van der Waals surface area contributed by atoms with Crippen LogP contribution in [-0.4, -0.2) is 46.9 Å². The molecule has 1 unspecified atom stereocenters. The van der Waals surface area contributed by atoms with Gasteiger partial charge in [-0.3, -0.25) is 4.90 Å². The lowest BCUT2D eigenvalue weighted by atomic mass is 10.2. The number of hydrogen-bond donors (Lipinski definition) is 1. The molecule has 0 aromatic carbocycles. The van der Waals surface area contributed by atoms with Crippen LogP contribution in [0.1, 0.15) is 30.4 Å². The zero-order valence-electron chi connectivity index (χ0n) is 14.1. The molecule has 1 atom stereocenters. The van der Waals surface area contributed by atoms with Crippen molar-refractivity contribution in [2.45, 2.75) is 51.3 Å². The molecular formula is C16H25N3O3Si. The van der Waals surface area contributed by atoms with E-state index in [2.05, 4.69) is 30.5 Å². The molecule has 0 radical (unpaired) electrons. The Morgan fingerprint density at radius 3 is 2.91 bits per heavy atom. The zero-order chi connectivity index (χ0) is 17.0. The molecular weight excluding hydrogens is 310 g/mol. The van der Waals surface area contributed by atoms with Gasteiger partial charge in [0.05, 0.1) is 6.04 Å². The number of aromatic nitrogens is 2. The van der Waals surface area contributed by atoms with Gasteiger partial charge in [0, 0.05) is 27.4 Å². The molecule has 0 spiro atoms. The van der Waals surface area contributed by atoms with Crippen LogP contribution in [0.5, 0.6) is 0 Å². The van der Waals surface area contributed by atoms with Crippen molar-refractivity contribution in [3.8, 4) is 12.3 Å². The van der Waals surface area contributed by atoms with Gasteiger partial charge in [-0.15, -0.1) is 6.42 Å². The van der Waals surface area contributed by atoms with Gasteiger partial charge in [-0.25, -0.2) is 9.78 Å². The SMILES string of the molecule is C#Cc1cn(COCC[Si](C)(C)C)c(C2CCCN2C(=O)O)n1. The third-order valence-corrected chi connectivity index (χ3v) is 5.68. The normalized spacial score (nSPS) is 18.2. The number of ether oxygens (including phenoxy) is 1. The van der Waals surface area contributed by atoms with Crippen LogP contribution in [0.25, 0.3) is 0 Å². The minimum absolute atomic E-state index is 0.241. The van der Waals surface area contributed by atoms with E-state index in [9.17, 15) is 9.90 Å². The van der Waals surface area contributed by atoms with Gasteiger partial charge in [0.25, 0.3) is 0 Å². The number of hydrogen-bond acceptors (Lipinski definition) is 3. The standard InChI is InChI=1S/C16H25N3O3Si/c1-5-13-11-18(12-22-9-10-23(2,3)4)15(17-13)14-7-6-8-19(14)16(20)21/h1,11,14H,6-10,12H2,2-4H3,(H,20,21). The van der Waals surface area contributed by atoms with Crippen LogP contribution in [-0.2, 0) is 11.5 Å². The number of carboxylic acid groups (broad SMARTS) is 1. The van der Waals surface area contributed by atoms with Crippen molar-refractivity contribution in [1.82, 2.24) is 14.5 Å². The van der Waals surface area contributed by atoms with Crippen LogP contribution in [0.15, 0.2) is 6.20 Å². The van der Waals surface area contributed by atoms with Gasteiger partial charge in [-0.2, -0.15) is 0 Å². The van der Waals surface area contributed by atoms with Crippen molar-refractivity contribution in [1.29, 1.82) is 0 Å². The summed E-state index contributed by atoms with van der Waals surface area (Å²) < 4.78 is 7.63. The van der Waals surface area contributed by atoms with Gasteiger partial charge < -0.3 is 14.4 Å². The Balaban J connectivity index is 2.09. The summed E-state index contributed by atoms with van der Waals surface area (Å²) in [7, 11) is -1.13. The summed E-state index contributed by atoms with van der Waals surface area (Å²) in [6.45, 7) is 8.51. The highest BCUT2D eigenvalue weighted by atomic mass is 28.3. The third kappa shape index (κ3) is 4.59. The number of carbonyl (C=O) groups is 1. The first-order valence-corrected chi connectivity index (χ1v) is 11.6. The molecule has 1 aromatic heterocycles. The van der Waals surface area contributed by atoms with Gasteiger partial charge in [-0.1, -0.05) is 19.6 Å². The van der Waals surface area contributed by atoms with Gasteiger partial charge >= 0.3 is 6.09 Å². The van der Waals surface area contributed by atoms with Crippen molar-refractivity contribution >= 4 is 14.2 Å². The highest BCUT2D eigenvalue weighted by molar-refractivity contribution is 6.76. The van der Waals surface area contributed by atoms with Gasteiger partial charge in [-0.05, 0) is 24.8 Å². The largest absolute Gasteiger partial charge is 0.465 e. The monoisotopic (exact) mass is 335 g/mol. The lowest BCUT2D eigenvalue weighted by molar-refractivity contribution is 0.0805. The lowest BCUT2D eigenvalue weighted by Crippen LogP contribution is -2.30. The molecule has 126 valence electrons. The molecule has 1 aromatic rings. The first kappa shape index (κ1) is 17.6.